The van der Waals surface area contributed by atoms with Gasteiger partial charge in [0.25, 0.3) is 0 Å². The molecule has 3 heterocycles. The summed E-state index contributed by atoms with van der Waals surface area (Å²) in [6, 6.07) is 14.0. The molecule has 0 bridgehead atoms. The second-order valence-electron chi connectivity index (χ2n) is 7.98. The van der Waals surface area contributed by atoms with Gasteiger partial charge in [0.15, 0.2) is 5.65 Å². The molecule has 5 rings (SSSR count). The van der Waals surface area contributed by atoms with Gasteiger partial charge in [0.1, 0.15) is 28.5 Å². The molecule has 0 saturated carbocycles. The van der Waals surface area contributed by atoms with Crippen LogP contribution in [0.3, 0.4) is 0 Å². The predicted octanol–water partition coefficient (Wildman–Crippen LogP) is 4.53. The highest BCUT2D eigenvalue weighted by Gasteiger charge is 2.20. The lowest BCUT2D eigenvalue weighted by Gasteiger charge is -2.21. The van der Waals surface area contributed by atoms with Crippen LogP contribution in [-0.2, 0) is 7.05 Å². The summed E-state index contributed by atoms with van der Waals surface area (Å²) in [5, 5.41) is 4.92. The van der Waals surface area contributed by atoms with Crippen LogP contribution in [0.15, 0.2) is 48.7 Å². The van der Waals surface area contributed by atoms with Crippen molar-refractivity contribution in [1.82, 2.24) is 29.3 Å². The first-order chi connectivity index (χ1) is 16.0. The molecule has 0 atom stereocenters. The minimum atomic E-state index is 0.697. The SMILES string of the molecule is CCN(CC)c1ccc2nc3c(-c4cn(C)c(C)n4)nn(-c4ccc(OC)cc4)c3nc2c1. The van der Waals surface area contributed by atoms with E-state index in [0.29, 0.717) is 11.3 Å². The van der Waals surface area contributed by atoms with Gasteiger partial charge in [0, 0.05) is 32.0 Å². The first kappa shape index (κ1) is 20.9. The lowest BCUT2D eigenvalue weighted by atomic mass is 10.2. The van der Waals surface area contributed by atoms with E-state index in [1.807, 2.05) is 59.7 Å². The van der Waals surface area contributed by atoms with Crippen molar-refractivity contribution in [3.05, 3.63) is 54.5 Å². The fourth-order valence-electron chi connectivity index (χ4n) is 4.07. The highest BCUT2D eigenvalue weighted by molar-refractivity contribution is 5.94. The Balaban J connectivity index is 1.77. The summed E-state index contributed by atoms with van der Waals surface area (Å²) >= 11 is 0. The maximum absolute atomic E-state index is 5.32. The minimum absolute atomic E-state index is 0.697. The van der Waals surface area contributed by atoms with Crippen molar-refractivity contribution in [2.45, 2.75) is 20.8 Å². The summed E-state index contributed by atoms with van der Waals surface area (Å²) in [4.78, 5) is 17.0. The van der Waals surface area contributed by atoms with E-state index >= 15 is 0 Å². The molecule has 0 unspecified atom stereocenters. The van der Waals surface area contributed by atoms with Gasteiger partial charge in [0.2, 0.25) is 0 Å². The third-order valence-corrected chi connectivity index (χ3v) is 6.05. The monoisotopic (exact) mass is 441 g/mol. The number of hydrogen-bond acceptors (Lipinski definition) is 6. The van der Waals surface area contributed by atoms with Crippen LogP contribution < -0.4 is 9.64 Å². The molecule has 5 aromatic rings. The van der Waals surface area contributed by atoms with Gasteiger partial charge >= 0.3 is 0 Å². The number of rotatable bonds is 6. The van der Waals surface area contributed by atoms with Crippen molar-refractivity contribution in [2.75, 3.05) is 25.1 Å². The molecule has 8 heteroatoms. The lowest BCUT2D eigenvalue weighted by Crippen LogP contribution is -2.21. The van der Waals surface area contributed by atoms with E-state index in [0.717, 1.165) is 58.3 Å². The molecule has 0 spiro atoms. The molecular formula is C25H27N7O. The molecule has 8 nitrogen and oxygen atoms in total. The van der Waals surface area contributed by atoms with Crippen molar-refractivity contribution < 1.29 is 4.74 Å². The van der Waals surface area contributed by atoms with E-state index in [1.54, 1.807) is 7.11 Å². The van der Waals surface area contributed by atoms with Gasteiger partial charge in [-0.1, -0.05) is 0 Å². The van der Waals surface area contributed by atoms with E-state index in [-0.39, 0.29) is 0 Å². The molecule has 0 aliphatic heterocycles. The van der Waals surface area contributed by atoms with Gasteiger partial charge in [-0.15, -0.1) is 0 Å². The Bertz CT molecular complexity index is 1430. The maximum atomic E-state index is 5.32. The number of anilines is 1. The normalized spacial score (nSPS) is 11.4. The van der Waals surface area contributed by atoms with Gasteiger partial charge in [-0.25, -0.2) is 19.6 Å². The maximum Gasteiger partial charge on any atom is 0.183 e. The Morgan fingerprint density at radius 3 is 2.33 bits per heavy atom. The first-order valence-electron chi connectivity index (χ1n) is 11.1. The fourth-order valence-corrected chi connectivity index (χ4v) is 4.07. The largest absolute Gasteiger partial charge is 0.497 e. The Labute approximate surface area is 192 Å². The van der Waals surface area contributed by atoms with Crippen molar-refractivity contribution in [1.29, 1.82) is 0 Å². The molecule has 0 amide bonds. The molecule has 2 aromatic carbocycles. The highest BCUT2D eigenvalue weighted by Crippen LogP contribution is 2.30. The number of methoxy groups -OCH3 is 1. The van der Waals surface area contributed by atoms with Crippen LogP contribution in [0.2, 0.25) is 0 Å². The topological polar surface area (TPSA) is 73.9 Å². The zero-order valence-corrected chi connectivity index (χ0v) is 19.6. The second-order valence-corrected chi connectivity index (χ2v) is 7.98. The van der Waals surface area contributed by atoms with Crippen LogP contribution in [0.25, 0.3) is 39.3 Å². The van der Waals surface area contributed by atoms with Crippen LogP contribution in [0.5, 0.6) is 5.75 Å². The Hall–Kier alpha value is -3.94. The Kier molecular flexibility index (Phi) is 5.20. The van der Waals surface area contributed by atoms with Gasteiger partial charge < -0.3 is 14.2 Å². The van der Waals surface area contributed by atoms with Crippen LogP contribution in [0.1, 0.15) is 19.7 Å². The third kappa shape index (κ3) is 3.57. The first-order valence-corrected chi connectivity index (χ1v) is 11.1. The molecule has 0 aliphatic rings. The van der Waals surface area contributed by atoms with Gasteiger partial charge in [-0.3, -0.25) is 0 Å². The number of ether oxygens (including phenoxy) is 1. The van der Waals surface area contributed by atoms with Crippen LogP contribution in [0.4, 0.5) is 5.69 Å². The summed E-state index contributed by atoms with van der Waals surface area (Å²) in [6.07, 6.45) is 1.98. The number of nitrogens with zero attached hydrogens (tertiary/aromatic N) is 7. The number of aryl methyl sites for hydroxylation is 2. The zero-order valence-electron chi connectivity index (χ0n) is 19.6. The smallest absolute Gasteiger partial charge is 0.183 e. The van der Waals surface area contributed by atoms with Crippen molar-refractivity contribution in [2.24, 2.45) is 7.05 Å². The average Bonchev–Trinajstić information content (AvgIpc) is 3.37. The minimum Gasteiger partial charge on any atom is -0.497 e. The zero-order chi connectivity index (χ0) is 23.1. The molecule has 0 aliphatic carbocycles. The number of fused-ring (bicyclic) bond motifs is 2. The van der Waals surface area contributed by atoms with E-state index in [1.165, 1.54) is 0 Å². The number of aromatic nitrogens is 6. The molecule has 0 radical (unpaired) electrons. The van der Waals surface area contributed by atoms with Crippen LogP contribution in [0, 0.1) is 6.92 Å². The summed E-state index contributed by atoms with van der Waals surface area (Å²) in [6.45, 7) is 8.15. The summed E-state index contributed by atoms with van der Waals surface area (Å²) in [5.74, 6) is 1.70. The highest BCUT2D eigenvalue weighted by atomic mass is 16.5. The average molecular weight is 442 g/mol. The number of benzene rings is 2. The third-order valence-electron chi connectivity index (χ3n) is 6.05. The van der Waals surface area contributed by atoms with Gasteiger partial charge in [0.05, 0.1) is 23.8 Å². The van der Waals surface area contributed by atoms with Gasteiger partial charge in [-0.2, -0.15) is 5.10 Å². The van der Waals surface area contributed by atoms with Crippen molar-refractivity contribution in [3.8, 4) is 22.8 Å². The molecule has 3 aromatic heterocycles. The van der Waals surface area contributed by atoms with Crippen molar-refractivity contribution in [3.63, 3.8) is 0 Å². The number of imidazole rings is 1. The summed E-state index contributed by atoms with van der Waals surface area (Å²) < 4.78 is 9.14. The molecule has 0 saturated heterocycles. The van der Waals surface area contributed by atoms with Gasteiger partial charge in [-0.05, 0) is 63.2 Å². The molecule has 0 N–H and O–H groups in total. The Morgan fingerprint density at radius 2 is 1.70 bits per heavy atom. The molecule has 0 fully saturated rings. The van der Waals surface area contributed by atoms with Crippen LogP contribution >= 0.6 is 0 Å². The quantitative estimate of drug-likeness (QED) is 0.385. The van der Waals surface area contributed by atoms with E-state index in [4.69, 9.17) is 24.8 Å². The lowest BCUT2D eigenvalue weighted by molar-refractivity contribution is 0.414. The second kappa shape index (κ2) is 8.20. The van der Waals surface area contributed by atoms with E-state index in [2.05, 4.69) is 30.9 Å². The molecular weight excluding hydrogens is 414 g/mol. The number of hydrogen-bond donors (Lipinski definition) is 0. The summed E-state index contributed by atoms with van der Waals surface area (Å²) in [5.41, 5.74) is 6.61. The fraction of sp³-hybridized carbons (Fsp3) is 0.280. The van der Waals surface area contributed by atoms with Crippen molar-refractivity contribution >= 4 is 27.9 Å². The van der Waals surface area contributed by atoms with E-state index < -0.39 is 0 Å². The summed E-state index contributed by atoms with van der Waals surface area (Å²) in [7, 11) is 3.63. The van der Waals surface area contributed by atoms with Crippen LogP contribution in [-0.4, -0.2) is 49.5 Å². The standard InChI is InChI=1S/C25H27N7O/c1-6-31(7-2)18-10-13-20-21(14-18)28-25-24(27-20)23(22-15-30(4)16(3)26-22)29-32(25)17-8-11-19(33-5)12-9-17/h8-15H,6-7H2,1-5H3. The molecule has 33 heavy (non-hydrogen) atoms. The predicted molar refractivity (Wildman–Crippen MR) is 131 cm³/mol. The molecule has 168 valence electrons. The Morgan fingerprint density at radius 1 is 0.939 bits per heavy atom. The van der Waals surface area contributed by atoms with E-state index in [9.17, 15) is 0 Å².